The fourth-order valence-electron chi connectivity index (χ4n) is 2.87. The smallest absolute Gasteiger partial charge is 0.208 e. The van der Waals surface area contributed by atoms with Crippen molar-refractivity contribution < 1.29 is 8.42 Å². The molecule has 0 spiro atoms. The average Bonchev–Trinajstić information content (AvgIpc) is 2.62. The molecule has 0 aliphatic heterocycles. The maximum Gasteiger partial charge on any atom is 0.208 e. The standard InChI is InChI=1S/C20H22N2O2S/c1-22(2)13-7-10-16-8-6-9-17-14-19(15-21-20(16)17)25(23,24)18-11-4-3-5-12-18/h3-6,8-9,11-12,14-15H,7,10,13H2,1-2H3. The van der Waals surface area contributed by atoms with Crippen LogP contribution in [-0.2, 0) is 16.3 Å². The highest BCUT2D eigenvalue weighted by Gasteiger charge is 2.18. The van der Waals surface area contributed by atoms with E-state index in [0.717, 1.165) is 35.9 Å². The third-order valence-corrected chi connectivity index (χ3v) is 5.92. The van der Waals surface area contributed by atoms with Gasteiger partial charge in [0.25, 0.3) is 0 Å². The van der Waals surface area contributed by atoms with Crippen LogP contribution in [0.5, 0.6) is 0 Å². The topological polar surface area (TPSA) is 50.3 Å². The summed E-state index contributed by atoms with van der Waals surface area (Å²) in [5.74, 6) is 0. The van der Waals surface area contributed by atoms with E-state index in [-0.39, 0.29) is 4.90 Å². The molecule has 0 saturated heterocycles. The van der Waals surface area contributed by atoms with Gasteiger partial charge in [0.15, 0.2) is 0 Å². The molecular weight excluding hydrogens is 332 g/mol. The van der Waals surface area contributed by atoms with Crippen LogP contribution in [0.3, 0.4) is 0 Å². The third kappa shape index (κ3) is 3.89. The molecule has 0 radical (unpaired) electrons. The van der Waals surface area contributed by atoms with Crippen LogP contribution in [0.1, 0.15) is 12.0 Å². The fraction of sp³-hybridized carbons (Fsp3) is 0.250. The molecule has 2 aromatic carbocycles. The van der Waals surface area contributed by atoms with Crippen molar-refractivity contribution in [3.63, 3.8) is 0 Å². The van der Waals surface area contributed by atoms with E-state index in [1.807, 2.05) is 12.1 Å². The molecule has 5 heteroatoms. The van der Waals surface area contributed by atoms with Gasteiger partial charge in [-0.25, -0.2) is 8.42 Å². The van der Waals surface area contributed by atoms with Crippen LogP contribution in [-0.4, -0.2) is 38.9 Å². The minimum atomic E-state index is -3.54. The summed E-state index contributed by atoms with van der Waals surface area (Å²) >= 11 is 0. The number of hydrogen-bond donors (Lipinski definition) is 0. The molecule has 3 aromatic rings. The lowest BCUT2D eigenvalue weighted by molar-refractivity contribution is 0.400. The zero-order chi connectivity index (χ0) is 17.9. The first-order chi connectivity index (χ1) is 12.0. The number of hydrogen-bond acceptors (Lipinski definition) is 4. The van der Waals surface area contributed by atoms with Gasteiger partial charge >= 0.3 is 0 Å². The highest BCUT2D eigenvalue weighted by atomic mass is 32.2. The maximum absolute atomic E-state index is 12.8. The van der Waals surface area contributed by atoms with E-state index in [0.29, 0.717) is 4.90 Å². The Hall–Kier alpha value is -2.24. The van der Waals surface area contributed by atoms with Crippen LogP contribution >= 0.6 is 0 Å². The number of nitrogens with zero attached hydrogens (tertiary/aromatic N) is 2. The van der Waals surface area contributed by atoms with E-state index in [9.17, 15) is 8.42 Å². The Morgan fingerprint density at radius 1 is 0.960 bits per heavy atom. The summed E-state index contributed by atoms with van der Waals surface area (Å²) in [7, 11) is 0.575. The van der Waals surface area contributed by atoms with Gasteiger partial charge in [-0.15, -0.1) is 0 Å². The van der Waals surface area contributed by atoms with Gasteiger partial charge in [-0.3, -0.25) is 4.98 Å². The van der Waals surface area contributed by atoms with Crippen molar-refractivity contribution in [2.75, 3.05) is 20.6 Å². The predicted molar refractivity (Wildman–Crippen MR) is 101 cm³/mol. The number of aryl methyl sites for hydroxylation is 1. The molecule has 0 atom stereocenters. The van der Waals surface area contributed by atoms with Crippen LogP contribution in [0.15, 0.2) is 70.6 Å². The van der Waals surface area contributed by atoms with Gasteiger partial charge in [-0.05, 0) is 57.2 Å². The number of fused-ring (bicyclic) bond motifs is 1. The zero-order valence-electron chi connectivity index (χ0n) is 14.5. The molecule has 0 fully saturated rings. The Morgan fingerprint density at radius 3 is 2.44 bits per heavy atom. The first kappa shape index (κ1) is 17.6. The molecule has 0 saturated carbocycles. The molecule has 0 unspecified atom stereocenters. The SMILES string of the molecule is CN(C)CCCc1cccc2cc(S(=O)(=O)c3ccccc3)cnc12. The largest absolute Gasteiger partial charge is 0.309 e. The van der Waals surface area contributed by atoms with E-state index in [1.54, 1.807) is 36.4 Å². The minimum absolute atomic E-state index is 0.233. The van der Waals surface area contributed by atoms with Crippen LogP contribution in [0.25, 0.3) is 10.9 Å². The third-order valence-electron chi connectivity index (χ3n) is 4.18. The molecule has 4 nitrogen and oxygen atoms in total. The second-order valence-electron chi connectivity index (χ2n) is 6.38. The predicted octanol–water partition coefficient (Wildman–Crippen LogP) is 3.56. The molecular formula is C20H22N2O2S. The zero-order valence-corrected chi connectivity index (χ0v) is 15.3. The van der Waals surface area contributed by atoms with Crippen LogP contribution in [0, 0.1) is 0 Å². The molecule has 0 aliphatic carbocycles. The molecule has 1 heterocycles. The second-order valence-corrected chi connectivity index (χ2v) is 8.33. The molecule has 0 aliphatic rings. The Labute approximate surface area is 149 Å². The molecule has 0 bridgehead atoms. The summed E-state index contributed by atoms with van der Waals surface area (Å²) in [6.07, 6.45) is 3.44. The fourth-order valence-corrected chi connectivity index (χ4v) is 4.14. The quantitative estimate of drug-likeness (QED) is 0.679. The number of aromatic nitrogens is 1. The van der Waals surface area contributed by atoms with Gasteiger partial charge in [-0.1, -0.05) is 36.4 Å². The Kier molecular flexibility index (Phi) is 5.16. The number of benzene rings is 2. The summed E-state index contributed by atoms with van der Waals surface area (Å²) < 4.78 is 25.5. The molecule has 25 heavy (non-hydrogen) atoms. The lowest BCUT2D eigenvalue weighted by atomic mass is 10.1. The number of rotatable bonds is 6. The highest BCUT2D eigenvalue weighted by Crippen LogP contribution is 2.25. The van der Waals surface area contributed by atoms with Crippen molar-refractivity contribution in [1.82, 2.24) is 9.88 Å². The number of sulfone groups is 1. The van der Waals surface area contributed by atoms with Gasteiger partial charge in [0.2, 0.25) is 9.84 Å². The van der Waals surface area contributed by atoms with E-state index < -0.39 is 9.84 Å². The molecule has 0 N–H and O–H groups in total. The molecule has 0 amide bonds. The second kappa shape index (κ2) is 7.33. The summed E-state index contributed by atoms with van der Waals surface area (Å²) in [4.78, 5) is 7.16. The van der Waals surface area contributed by atoms with Crippen molar-refractivity contribution in [1.29, 1.82) is 0 Å². The van der Waals surface area contributed by atoms with Crippen LogP contribution in [0.4, 0.5) is 0 Å². The van der Waals surface area contributed by atoms with E-state index in [1.165, 1.54) is 6.20 Å². The van der Waals surface area contributed by atoms with Crippen molar-refractivity contribution in [2.45, 2.75) is 22.6 Å². The lowest BCUT2D eigenvalue weighted by Gasteiger charge is -2.11. The van der Waals surface area contributed by atoms with Gasteiger partial charge < -0.3 is 4.90 Å². The normalized spacial score (nSPS) is 12.0. The van der Waals surface area contributed by atoms with Gasteiger partial charge in [0.1, 0.15) is 0 Å². The van der Waals surface area contributed by atoms with E-state index in [2.05, 4.69) is 30.0 Å². The first-order valence-corrected chi connectivity index (χ1v) is 9.79. The van der Waals surface area contributed by atoms with E-state index >= 15 is 0 Å². The highest BCUT2D eigenvalue weighted by molar-refractivity contribution is 7.91. The van der Waals surface area contributed by atoms with Crippen molar-refractivity contribution >= 4 is 20.7 Å². The lowest BCUT2D eigenvalue weighted by Crippen LogP contribution is -2.13. The van der Waals surface area contributed by atoms with Gasteiger partial charge in [0.05, 0.1) is 15.3 Å². The Balaban J connectivity index is 1.96. The van der Waals surface area contributed by atoms with Crippen LogP contribution < -0.4 is 0 Å². The number of para-hydroxylation sites is 1. The summed E-state index contributed by atoms with van der Waals surface area (Å²) in [5, 5.41) is 0.861. The van der Waals surface area contributed by atoms with Crippen molar-refractivity contribution in [2.24, 2.45) is 0 Å². The van der Waals surface area contributed by atoms with Gasteiger partial charge in [-0.2, -0.15) is 0 Å². The van der Waals surface area contributed by atoms with Crippen molar-refractivity contribution in [3.05, 3.63) is 66.4 Å². The average molecular weight is 354 g/mol. The van der Waals surface area contributed by atoms with E-state index in [4.69, 9.17) is 0 Å². The molecule has 130 valence electrons. The summed E-state index contributed by atoms with van der Waals surface area (Å²) in [6, 6.07) is 16.1. The van der Waals surface area contributed by atoms with Crippen molar-refractivity contribution in [3.8, 4) is 0 Å². The molecule has 3 rings (SSSR count). The summed E-state index contributed by atoms with van der Waals surface area (Å²) in [5.41, 5.74) is 2.04. The Bertz CT molecular complexity index is 967. The number of pyridine rings is 1. The van der Waals surface area contributed by atoms with Gasteiger partial charge in [0, 0.05) is 11.6 Å². The maximum atomic E-state index is 12.8. The summed E-state index contributed by atoms with van der Waals surface area (Å²) in [6.45, 7) is 1.01. The Morgan fingerprint density at radius 2 is 1.72 bits per heavy atom. The van der Waals surface area contributed by atoms with Crippen LogP contribution in [0.2, 0.25) is 0 Å². The monoisotopic (exact) mass is 354 g/mol. The first-order valence-electron chi connectivity index (χ1n) is 8.31. The minimum Gasteiger partial charge on any atom is -0.309 e. The molecule has 1 aromatic heterocycles.